The second-order valence-electron chi connectivity index (χ2n) is 5.19. The molecule has 1 unspecified atom stereocenters. The molecule has 1 N–H and O–H groups in total. The monoisotopic (exact) mass is 295 g/mol. The number of hydrogen-bond donors (Lipinski definition) is 1. The van der Waals surface area contributed by atoms with Gasteiger partial charge in [0.15, 0.2) is 0 Å². The first-order chi connectivity index (χ1) is 9.79. The topological polar surface area (TPSA) is 30.5 Å². The molecule has 4 heteroatoms. The Morgan fingerprint density at radius 1 is 1.20 bits per heavy atom. The summed E-state index contributed by atoms with van der Waals surface area (Å²) in [5, 5.41) is 4.16. The van der Waals surface area contributed by atoms with E-state index < -0.39 is 0 Å². The lowest BCUT2D eigenvalue weighted by molar-refractivity contribution is 0.341. The third-order valence-electron chi connectivity index (χ3n) is 3.84. The van der Waals surface area contributed by atoms with Gasteiger partial charge in [0.05, 0.1) is 13.7 Å². The molecule has 1 heterocycles. The van der Waals surface area contributed by atoms with Gasteiger partial charge in [-0.2, -0.15) is 11.8 Å². The van der Waals surface area contributed by atoms with Gasteiger partial charge in [0.1, 0.15) is 11.5 Å². The number of benzene rings is 1. The Balaban J connectivity index is 1.62. The van der Waals surface area contributed by atoms with Crippen LogP contribution in [0.2, 0.25) is 0 Å². The Labute approximate surface area is 126 Å². The highest BCUT2D eigenvalue weighted by atomic mass is 32.2. The summed E-state index contributed by atoms with van der Waals surface area (Å²) in [5.41, 5.74) is 0. The molecule has 0 aromatic heterocycles. The van der Waals surface area contributed by atoms with Crippen LogP contribution in [-0.2, 0) is 0 Å². The number of thioether (sulfide) groups is 1. The Kier molecular flexibility index (Phi) is 6.54. The minimum atomic E-state index is 0.733. The fraction of sp³-hybridized carbons (Fsp3) is 0.625. The van der Waals surface area contributed by atoms with Crippen LogP contribution in [0.4, 0.5) is 0 Å². The molecule has 1 saturated heterocycles. The smallest absolute Gasteiger partial charge is 0.119 e. The number of ether oxygens (including phenoxy) is 2. The van der Waals surface area contributed by atoms with E-state index in [1.54, 1.807) is 7.11 Å². The summed E-state index contributed by atoms with van der Waals surface area (Å²) in [7, 11) is 1.68. The molecule has 1 fully saturated rings. The van der Waals surface area contributed by atoms with Gasteiger partial charge in [-0.1, -0.05) is 6.92 Å². The SMILES string of the molecule is COc1ccc(OCCSC(C)C2CCNCC2)cc1. The maximum atomic E-state index is 5.75. The Hall–Kier alpha value is -0.870. The van der Waals surface area contributed by atoms with Crippen molar-refractivity contribution >= 4 is 11.8 Å². The van der Waals surface area contributed by atoms with E-state index in [0.717, 1.165) is 35.0 Å². The third kappa shape index (κ3) is 4.91. The van der Waals surface area contributed by atoms with Crippen LogP contribution in [0.25, 0.3) is 0 Å². The van der Waals surface area contributed by atoms with Gasteiger partial charge in [0.25, 0.3) is 0 Å². The number of nitrogens with one attached hydrogen (secondary N) is 1. The highest BCUT2D eigenvalue weighted by molar-refractivity contribution is 7.99. The molecule has 0 saturated carbocycles. The quantitative estimate of drug-likeness (QED) is 0.783. The standard InChI is InChI=1S/C16H25NO2S/c1-13(14-7-9-17-10-8-14)20-12-11-19-16-5-3-15(18-2)4-6-16/h3-6,13-14,17H,7-12H2,1-2H3. The zero-order valence-corrected chi connectivity index (χ0v) is 13.2. The van der Waals surface area contributed by atoms with E-state index in [9.17, 15) is 0 Å². The molecule has 1 aliphatic heterocycles. The maximum absolute atomic E-state index is 5.75. The predicted octanol–water partition coefficient (Wildman–Crippen LogP) is 3.20. The van der Waals surface area contributed by atoms with E-state index in [1.807, 2.05) is 36.0 Å². The second kappa shape index (κ2) is 8.42. The normalized spacial score (nSPS) is 17.7. The highest BCUT2D eigenvalue weighted by Crippen LogP contribution is 2.26. The third-order valence-corrected chi connectivity index (χ3v) is 5.15. The summed E-state index contributed by atoms with van der Waals surface area (Å²) in [6.45, 7) is 5.48. The van der Waals surface area contributed by atoms with Crippen LogP contribution < -0.4 is 14.8 Å². The lowest BCUT2D eigenvalue weighted by Gasteiger charge is -2.27. The van der Waals surface area contributed by atoms with Crippen LogP contribution in [0, 0.1) is 5.92 Å². The first-order valence-electron chi connectivity index (χ1n) is 7.39. The van der Waals surface area contributed by atoms with Gasteiger partial charge in [-0.25, -0.2) is 0 Å². The van der Waals surface area contributed by atoms with Crippen molar-refractivity contribution in [2.75, 3.05) is 32.6 Å². The molecule has 0 radical (unpaired) electrons. The van der Waals surface area contributed by atoms with Gasteiger partial charge in [-0.05, 0) is 56.1 Å². The Morgan fingerprint density at radius 3 is 2.50 bits per heavy atom. The average molecular weight is 295 g/mol. The van der Waals surface area contributed by atoms with Gasteiger partial charge in [-0.15, -0.1) is 0 Å². The molecule has 0 amide bonds. The van der Waals surface area contributed by atoms with Gasteiger partial charge in [0.2, 0.25) is 0 Å². The van der Waals surface area contributed by atoms with Gasteiger partial charge in [0, 0.05) is 11.0 Å². The van der Waals surface area contributed by atoms with Crippen LogP contribution in [0.3, 0.4) is 0 Å². The fourth-order valence-corrected chi connectivity index (χ4v) is 3.61. The van der Waals surface area contributed by atoms with Crippen LogP contribution in [0.1, 0.15) is 19.8 Å². The molecule has 2 rings (SSSR count). The van der Waals surface area contributed by atoms with E-state index in [-0.39, 0.29) is 0 Å². The summed E-state index contributed by atoms with van der Waals surface area (Å²) in [6.07, 6.45) is 2.63. The molecule has 20 heavy (non-hydrogen) atoms. The van der Waals surface area contributed by atoms with Crippen LogP contribution in [0.15, 0.2) is 24.3 Å². The molecule has 1 atom stereocenters. The molecule has 0 aliphatic carbocycles. The first kappa shape index (κ1) is 15.5. The van der Waals surface area contributed by atoms with E-state index in [0.29, 0.717) is 0 Å². The van der Waals surface area contributed by atoms with Crippen molar-refractivity contribution in [2.24, 2.45) is 5.92 Å². The van der Waals surface area contributed by atoms with Gasteiger partial charge >= 0.3 is 0 Å². The van der Waals surface area contributed by atoms with Crippen molar-refractivity contribution in [2.45, 2.75) is 25.0 Å². The number of methoxy groups -OCH3 is 1. The minimum absolute atomic E-state index is 0.733. The van der Waals surface area contributed by atoms with Crippen molar-refractivity contribution in [3.05, 3.63) is 24.3 Å². The zero-order chi connectivity index (χ0) is 14.2. The number of rotatable bonds is 7. The maximum Gasteiger partial charge on any atom is 0.119 e. The Bertz CT molecular complexity index is 377. The van der Waals surface area contributed by atoms with Gasteiger partial charge < -0.3 is 14.8 Å². The molecule has 1 aliphatic rings. The lowest BCUT2D eigenvalue weighted by atomic mass is 9.95. The van der Waals surface area contributed by atoms with Crippen LogP contribution >= 0.6 is 11.8 Å². The molecular weight excluding hydrogens is 270 g/mol. The summed E-state index contributed by atoms with van der Waals surface area (Å²) in [6, 6.07) is 7.78. The van der Waals surface area contributed by atoms with Gasteiger partial charge in [-0.3, -0.25) is 0 Å². The first-order valence-corrected chi connectivity index (χ1v) is 8.43. The largest absolute Gasteiger partial charge is 0.497 e. The summed E-state index contributed by atoms with van der Waals surface area (Å²) >= 11 is 2.03. The molecule has 112 valence electrons. The lowest BCUT2D eigenvalue weighted by Crippen LogP contribution is -2.32. The number of piperidine rings is 1. The van der Waals surface area contributed by atoms with Crippen molar-refractivity contribution in [3.63, 3.8) is 0 Å². The second-order valence-corrected chi connectivity index (χ2v) is 6.67. The predicted molar refractivity (Wildman–Crippen MR) is 86.0 cm³/mol. The molecule has 1 aromatic rings. The van der Waals surface area contributed by atoms with Crippen molar-refractivity contribution in [3.8, 4) is 11.5 Å². The van der Waals surface area contributed by atoms with Crippen molar-refractivity contribution in [1.82, 2.24) is 5.32 Å². The van der Waals surface area contributed by atoms with E-state index >= 15 is 0 Å². The summed E-state index contributed by atoms with van der Waals surface area (Å²) in [4.78, 5) is 0. The molecular formula is C16H25NO2S. The highest BCUT2D eigenvalue weighted by Gasteiger charge is 2.19. The Morgan fingerprint density at radius 2 is 1.85 bits per heavy atom. The molecule has 1 aromatic carbocycles. The zero-order valence-electron chi connectivity index (χ0n) is 12.4. The molecule has 0 spiro atoms. The summed E-state index contributed by atoms with van der Waals surface area (Å²) in [5.74, 6) is 3.70. The molecule has 3 nitrogen and oxygen atoms in total. The van der Waals surface area contributed by atoms with E-state index in [2.05, 4.69) is 12.2 Å². The fourth-order valence-electron chi connectivity index (χ4n) is 2.52. The van der Waals surface area contributed by atoms with Crippen molar-refractivity contribution in [1.29, 1.82) is 0 Å². The number of hydrogen-bond acceptors (Lipinski definition) is 4. The van der Waals surface area contributed by atoms with Crippen LogP contribution in [-0.4, -0.2) is 37.8 Å². The molecule has 0 bridgehead atoms. The summed E-state index contributed by atoms with van der Waals surface area (Å²) < 4.78 is 10.9. The van der Waals surface area contributed by atoms with Crippen LogP contribution in [0.5, 0.6) is 11.5 Å². The van der Waals surface area contributed by atoms with E-state index in [4.69, 9.17) is 9.47 Å². The average Bonchev–Trinajstić information content (AvgIpc) is 2.53. The van der Waals surface area contributed by atoms with Crippen molar-refractivity contribution < 1.29 is 9.47 Å². The minimum Gasteiger partial charge on any atom is -0.497 e. The van der Waals surface area contributed by atoms with E-state index in [1.165, 1.54) is 25.9 Å².